The predicted molar refractivity (Wildman–Crippen MR) is 90.9 cm³/mol. The molecule has 0 spiro atoms. The number of aromatic amines is 1. The molecule has 0 saturated heterocycles. The summed E-state index contributed by atoms with van der Waals surface area (Å²) in [5.41, 5.74) is 0.824. The third kappa shape index (κ3) is 3.05. The van der Waals surface area contributed by atoms with E-state index in [-0.39, 0.29) is 11.7 Å². The Balaban J connectivity index is 1.64. The Morgan fingerprint density at radius 3 is 2.74 bits per heavy atom. The molecule has 126 valence electrons. The molecule has 7 nitrogen and oxygen atoms in total. The van der Waals surface area contributed by atoms with Crippen molar-refractivity contribution in [2.24, 2.45) is 5.92 Å². The van der Waals surface area contributed by atoms with Crippen LogP contribution in [-0.4, -0.2) is 60.1 Å². The summed E-state index contributed by atoms with van der Waals surface area (Å²) >= 11 is 0. The molecule has 1 aliphatic carbocycles. The summed E-state index contributed by atoms with van der Waals surface area (Å²) in [5.74, 6) is 1.36. The van der Waals surface area contributed by atoms with Crippen molar-refractivity contribution in [3.05, 3.63) is 18.6 Å². The van der Waals surface area contributed by atoms with Crippen molar-refractivity contribution in [3.8, 4) is 0 Å². The Morgan fingerprint density at radius 2 is 2.04 bits per heavy atom. The lowest BCUT2D eigenvalue weighted by Crippen LogP contribution is -2.46. The summed E-state index contributed by atoms with van der Waals surface area (Å²) in [4.78, 5) is 13.8. The van der Waals surface area contributed by atoms with Gasteiger partial charge in [0.05, 0.1) is 11.1 Å². The summed E-state index contributed by atoms with van der Waals surface area (Å²) in [7, 11) is 0.530. The minimum atomic E-state index is -3.13. The minimum absolute atomic E-state index is 0.227. The minimum Gasteiger partial charge on any atom is -0.356 e. The van der Waals surface area contributed by atoms with Gasteiger partial charge in [-0.2, -0.15) is 0 Å². The zero-order valence-corrected chi connectivity index (χ0v) is 14.5. The van der Waals surface area contributed by atoms with Gasteiger partial charge < -0.3 is 9.88 Å². The fourth-order valence-corrected chi connectivity index (χ4v) is 4.60. The molecule has 0 amide bonds. The van der Waals surface area contributed by atoms with Crippen LogP contribution in [0.2, 0.25) is 0 Å². The molecule has 0 radical (unpaired) electrons. The maximum absolute atomic E-state index is 12.1. The molecule has 2 heterocycles. The average Bonchev–Trinajstić information content (AvgIpc) is 2.97. The molecule has 1 aliphatic rings. The molecule has 0 aromatic carbocycles. The van der Waals surface area contributed by atoms with Crippen molar-refractivity contribution in [2.75, 3.05) is 31.3 Å². The Morgan fingerprint density at radius 1 is 1.30 bits per heavy atom. The van der Waals surface area contributed by atoms with Gasteiger partial charge in [-0.05, 0) is 24.8 Å². The van der Waals surface area contributed by atoms with Gasteiger partial charge in [0, 0.05) is 32.9 Å². The fourth-order valence-electron chi connectivity index (χ4n) is 3.09. The fraction of sp³-hybridized carbons (Fsp3) is 0.600. The number of hydrogen-bond acceptors (Lipinski definition) is 5. The van der Waals surface area contributed by atoms with Gasteiger partial charge in [-0.3, -0.25) is 0 Å². The first-order chi connectivity index (χ1) is 10.9. The summed E-state index contributed by atoms with van der Waals surface area (Å²) in [6, 6.07) is 2.30. The third-order valence-corrected chi connectivity index (χ3v) is 6.89. The molecule has 2 aromatic heterocycles. The molecule has 23 heavy (non-hydrogen) atoms. The van der Waals surface area contributed by atoms with Crippen LogP contribution in [-0.2, 0) is 10.0 Å². The normalized spacial score (nSPS) is 21.6. The maximum Gasteiger partial charge on any atom is 0.214 e. The van der Waals surface area contributed by atoms with E-state index in [0.717, 1.165) is 29.7 Å². The first kappa shape index (κ1) is 16.2. The third-order valence-electron chi connectivity index (χ3n) is 4.79. The van der Waals surface area contributed by atoms with Crippen LogP contribution in [0.5, 0.6) is 0 Å². The number of aromatic nitrogens is 3. The number of fused-ring (bicyclic) bond motifs is 1. The molecule has 1 N–H and O–H groups in total. The van der Waals surface area contributed by atoms with Crippen LogP contribution in [0.25, 0.3) is 11.0 Å². The van der Waals surface area contributed by atoms with Gasteiger partial charge in [0.1, 0.15) is 17.8 Å². The standard InChI is InChI=1S/C15H23N5O2S/c1-4-19(2)23(21,22)9-11-7-12(8-11)20(3)15-13-5-6-16-14(13)17-10-18-15/h5-6,10-12H,4,7-9H2,1-3H3,(H,16,17,18). The number of sulfonamides is 1. The number of rotatable bonds is 6. The van der Waals surface area contributed by atoms with Crippen LogP contribution in [0, 0.1) is 5.92 Å². The van der Waals surface area contributed by atoms with Crippen molar-refractivity contribution >= 4 is 26.9 Å². The number of anilines is 1. The van der Waals surface area contributed by atoms with E-state index in [1.807, 2.05) is 26.2 Å². The number of nitrogens with one attached hydrogen (secondary N) is 1. The van der Waals surface area contributed by atoms with Gasteiger partial charge >= 0.3 is 0 Å². The Labute approximate surface area is 136 Å². The highest BCUT2D eigenvalue weighted by Crippen LogP contribution is 2.36. The van der Waals surface area contributed by atoms with E-state index in [1.165, 1.54) is 4.31 Å². The second kappa shape index (κ2) is 6.09. The molecule has 8 heteroatoms. The van der Waals surface area contributed by atoms with Crippen molar-refractivity contribution in [2.45, 2.75) is 25.8 Å². The van der Waals surface area contributed by atoms with Crippen molar-refractivity contribution < 1.29 is 8.42 Å². The van der Waals surface area contributed by atoms with Crippen LogP contribution < -0.4 is 4.90 Å². The van der Waals surface area contributed by atoms with Gasteiger partial charge in [0.2, 0.25) is 10.0 Å². The van der Waals surface area contributed by atoms with Gasteiger partial charge in [-0.25, -0.2) is 22.7 Å². The number of hydrogen-bond donors (Lipinski definition) is 1. The Kier molecular flexibility index (Phi) is 4.29. The van der Waals surface area contributed by atoms with Gasteiger partial charge in [-0.15, -0.1) is 0 Å². The van der Waals surface area contributed by atoms with E-state index >= 15 is 0 Å². The monoisotopic (exact) mass is 337 g/mol. The summed E-state index contributed by atoms with van der Waals surface area (Å²) in [6.07, 6.45) is 5.17. The highest BCUT2D eigenvalue weighted by molar-refractivity contribution is 7.89. The highest BCUT2D eigenvalue weighted by atomic mass is 32.2. The van der Waals surface area contributed by atoms with Gasteiger partial charge in [-0.1, -0.05) is 6.92 Å². The lowest BCUT2D eigenvalue weighted by atomic mass is 9.81. The quantitative estimate of drug-likeness (QED) is 0.863. The lowest BCUT2D eigenvalue weighted by molar-refractivity contribution is 0.279. The number of nitrogens with zero attached hydrogens (tertiary/aromatic N) is 4. The van der Waals surface area contributed by atoms with E-state index in [9.17, 15) is 8.42 Å². The largest absolute Gasteiger partial charge is 0.356 e. The van der Waals surface area contributed by atoms with Gasteiger partial charge in [0.25, 0.3) is 0 Å². The zero-order chi connectivity index (χ0) is 16.6. The average molecular weight is 337 g/mol. The molecule has 0 unspecified atom stereocenters. The van der Waals surface area contributed by atoms with Crippen molar-refractivity contribution in [1.82, 2.24) is 19.3 Å². The van der Waals surface area contributed by atoms with Crippen LogP contribution >= 0.6 is 0 Å². The second-order valence-electron chi connectivity index (χ2n) is 6.23. The molecule has 0 bridgehead atoms. The van der Waals surface area contributed by atoms with Crippen LogP contribution in [0.3, 0.4) is 0 Å². The van der Waals surface area contributed by atoms with Crippen molar-refractivity contribution in [1.29, 1.82) is 0 Å². The molecule has 0 atom stereocenters. The molecular weight excluding hydrogens is 314 g/mol. The van der Waals surface area contributed by atoms with E-state index in [2.05, 4.69) is 19.9 Å². The second-order valence-corrected chi connectivity index (χ2v) is 8.35. The molecule has 1 saturated carbocycles. The zero-order valence-electron chi connectivity index (χ0n) is 13.7. The molecule has 1 fully saturated rings. The summed E-state index contributed by atoms with van der Waals surface area (Å²) < 4.78 is 25.7. The predicted octanol–water partition coefficient (Wildman–Crippen LogP) is 1.45. The first-order valence-electron chi connectivity index (χ1n) is 7.87. The number of H-pyrrole nitrogens is 1. The van der Waals surface area contributed by atoms with E-state index in [0.29, 0.717) is 12.6 Å². The Hall–Kier alpha value is -1.67. The topological polar surface area (TPSA) is 82.2 Å². The summed E-state index contributed by atoms with van der Waals surface area (Å²) in [6.45, 7) is 2.37. The first-order valence-corrected chi connectivity index (χ1v) is 9.48. The van der Waals surface area contributed by atoms with E-state index < -0.39 is 10.0 Å². The van der Waals surface area contributed by atoms with Crippen LogP contribution in [0.4, 0.5) is 5.82 Å². The highest BCUT2D eigenvalue weighted by Gasteiger charge is 2.36. The van der Waals surface area contributed by atoms with E-state index in [1.54, 1.807) is 13.4 Å². The Bertz CT molecular complexity index is 782. The van der Waals surface area contributed by atoms with Crippen LogP contribution in [0.15, 0.2) is 18.6 Å². The summed E-state index contributed by atoms with van der Waals surface area (Å²) in [5, 5.41) is 0.997. The van der Waals surface area contributed by atoms with Crippen LogP contribution in [0.1, 0.15) is 19.8 Å². The lowest BCUT2D eigenvalue weighted by Gasteiger charge is -2.42. The smallest absolute Gasteiger partial charge is 0.214 e. The maximum atomic E-state index is 12.1. The molecular formula is C15H23N5O2S. The molecule has 0 aliphatic heterocycles. The SMILES string of the molecule is CCN(C)S(=O)(=O)CC1CC(N(C)c2ncnc3[nH]ccc23)C1. The van der Waals surface area contributed by atoms with Gasteiger partial charge in [0.15, 0.2) is 0 Å². The molecule has 2 aromatic rings. The van der Waals surface area contributed by atoms with Crippen molar-refractivity contribution in [3.63, 3.8) is 0 Å². The van der Waals surface area contributed by atoms with E-state index in [4.69, 9.17) is 0 Å². The molecule has 3 rings (SSSR count).